The molecular weight excluding hydrogens is 402 g/mol. The number of nitrogens with zero attached hydrogens (tertiary/aromatic N) is 1. The molecule has 32 heavy (non-hydrogen) atoms. The van der Waals surface area contributed by atoms with Crippen LogP contribution >= 0.6 is 0 Å². The van der Waals surface area contributed by atoms with Crippen molar-refractivity contribution in [3.05, 3.63) is 40.7 Å². The summed E-state index contributed by atoms with van der Waals surface area (Å²) in [7, 11) is 0. The van der Waals surface area contributed by atoms with Crippen LogP contribution in [0.1, 0.15) is 92.2 Å². The van der Waals surface area contributed by atoms with Gasteiger partial charge in [-0.05, 0) is 61.1 Å². The fourth-order valence-corrected chi connectivity index (χ4v) is 3.78. The van der Waals surface area contributed by atoms with Crippen LogP contribution in [0.3, 0.4) is 0 Å². The summed E-state index contributed by atoms with van der Waals surface area (Å²) in [6.07, 6.45) is 2.87. The minimum atomic E-state index is -0.334. The van der Waals surface area contributed by atoms with E-state index in [4.69, 9.17) is 9.47 Å². The number of hydrogen-bond acceptors (Lipinski definition) is 4. The molecule has 178 valence electrons. The molecule has 1 aliphatic rings. The molecule has 0 bridgehead atoms. The highest BCUT2D eigenvalue weighted by Gasteiger charge is 2.32. The molecule has 0 fully saturated rings. The fraction of sp³-hybridized carbons (Fsp3) is 0.630. The molecule has 0 spiro atoms. The number of carbonyl (C=O) groups is 2. The zero-order valence-electron chi connectivity index (χ0n) is 21.3. The maximum atomic E-state index is 12.7. The van der Waals surface area contributed by atoms with Gasteiger partial charge in [-0.15, -0.1) is 0 Å². The number of rotatable bonds is 11. The summed E-state index contributed by atoms with van der Waals surface area (Å²) in [5.41, 5.74) is 3.33. The van der Waals surface area contributed by atoms with Gasteiger partial charge in [0, 0.05) is 12.1 Å². The molecule has 0 aromatic heterocycles. The van der Waals surface area contributed by atoms with Crippen molar-refractivity contribution in [1.82, 2.24) is 4.90 Å². The van der Waals surface area contributed by atoms with Gasteiger partial charge in [-0.25, -0.2) is 0 Å². The van der Waals surface area contributed by atoms with Crippen molar-refractivity contribution in [1.29, 1.82) is 0 Å². The first-order valence-corrected chi connectivity index (χ1v) is 11.9. The molecule has 0 saturated carbocycles. The van der Waals surface area contributed by atoms with Gasteiger partial charge < -0.3 is 9.47 Å². The van der Waals surface area contributed by atoms with E-state index >= 15 is 0 Å². The van der Waals surface area contributed by atoms with Crippen LogP contribution in [0.15, 0.2) is 29.5 Å². The van der Waals surface area contributed by atoms with E-state index in [1.807, 2.05) is 6.92 Å². The molecule has 0 unspecified atom stereocenters. The Hall–Kier alpha value is -2.30. The molecule has 5 heteroatoms. The zero-order valence-corrected chi connectivity index (χ0v) is 21.3. The second-order valence-electron chi connectivity index (χ2n) is 9.96. The lowest BCUT2D eigenvalue weighted by atomic mass is 9.76. The van der Waals surface area contributed by atoms with Crippen molar-refractivity contribution in [2.75, 3.05) is 19.8 Å². The third-order valence-corrected chi connectivity index (χ3v) is 6.87. The largest absolute Gasteiger partial charge is 0.493 e. The van der Waals surface area contributed by atoms with Crippen LogP contribution in [-0.2, 0) is 25.2 Å². The summed E-state index contributed by atoms with van der Waals surface area (Å²) in [5, 5.41) is 0. The lowest BCUT2D eigenvalue weighted by Gasteiger charge is -2.30. The molecule has 0 N–H and O–H groups in total. The summed E-state index contributed by atoms with van der Waals surface area (Å²) in [5.74, 6) is 0.693. The van der Waals surface area contributed by atoms with Gasteiger partial charge in [-0.1, -0.05) is 53.7 Å². The normalized spacial score (nSPS) is 15.4. The Morgan fingerprint density at radius 2 is 1.62 bits per heavy atom. The first-order valence-electron chi connectivity index (χ1n) is 11.9. The van der Waals surface area contributed by atoms with Gasteiger partial charge >= 0.3 is 0 Å². The first kappa shape index (κ1) is 26.0. The van der Waals surface area contributed by atoms with Gasteiger partial charge in [0.25, 0.3) is 5.91 Å². The monoisotopic (exact) mass is 443 g/mol. The van der Waals surface area contributed by atoms with E-state index in [0.29, 0.717) is 37.5 Å². The minimum Gasteiger partial charge on any atom is -0.493 e. The van der Waals surface area contributed by atoms with Crippen molar-refractivity contribution >= 4 is 11.8 Å². The summed E-state index contributed by atoms with van der Waals surface area (Å²) < 4.78 is 11.7. The predicted octanol–water partition coefficient (Wildman–Crippen LogP) is 5.90. The molecule has 2 rings (SSSR count). The molecule has 1 aliphatic heterocycles. The third-order valence-electron chi connectivity index (χ3n) is 6.87. The van der Waals surface area contributed by atoms with Gasteiger partial charge in [-0.2, -0.15) is 0 Å². The second-order valence-corrected chi connectivity index (χ2v) is 9.96. The fourth-order valence-electron chi connectivity index (χ4n) is 3.78. The topological polar surface area (TPSA) is 55.8 Å². The van der Waals surface area contributed by atoms with E-state index in [-0.39, 0.29) is 29.1 Å². The van der Waals surface area contributed by atoms with E-state index in [0.717, 1.165) is 18.6 Å². The molecule has 5 nitrogen and oxygen atoms in total. The van der Waals surface area contributed by atoms with E-state index in [1.165, 1.54) is 16.0 Å². The average molecular weight is 444 g/mol. The number of benzene rings is 1. The van der Waals surface area contributed by atoms with Crippen LogP contribution < -0.4 is 4.74 Å². The van der Waals surface area contributed by atoms with Crippen LogP contribution in [0.4, 0.5) is 0 Å². The summed E-state index contributed by atoms with van der Waals surface area (Å²) in [6, 6.07) is 6.53. The Morgan fingerprint density at radius 3 is 2.22 bits per heavy atom. The lowest BCUT2D eigenvalue weighted by molar-refractivity contribution is -0.146. The highest BCUT2D eigenvalue weighted by molar-refractivity contribution is 6.07. The van der Waals surface area contributed by atoms with E-state index in [2.05, 4.69) is 59.7 Å². The van der Waals surface area contributed by atoms with E-state index in [1.54, 1.807) is 6.92 Å². The van der Waals surface area contributed by atoms with Gasteiger partial charge in [-0.3, -0.25) is 14.5 Å². The highest BCUT2D eigenvalue weighted by atomic mass is 16.5. The quantitative estimate of drug-likeness (QED) is 0.316. The van der Waals surface area contributed by atoms with Crippen LogP contribution in [0.2, 0.25) is 0 Å². The van der Waals surface area contributed by atoms with Crippen molar-refractivity contribution in [2.24, 2.45) is 0 Å². The Labute approximate surface area is 194 Å². The zero-order chi connectivity index (χ0) is 24.1. The first-order chi connectivity index (χ1) is 15.0. The van der Waals surface area contributed by atoms with Gasteiger partial charge in [0.15, 0.2) is 5.76 Å². The molecule has 1 aromatic rings. The standard InChI is InChI=1S/C27H41NO4/c1-9-26(5,6)20-13-14-22(21(18-20)27(7,8)10-2)32-16-12-15-28-23(29)17-19(4)24(25(28)30)31-11-3/h13-14,18H,9-12,15-17H2,1-8H3. The van der Waals surface area contributed by atoms with Crippen molar-refractivity contribution in [3.8, 4) is 5.75 Å². The summed E-state index contributed by atoms with van der Waals surface area (Å²) in [4.78, 5) is 26.4. The van der Waals surface area contributed by atoms with Crippen LogP contribution in [0, 0.1) is 0 Å². The molecule has 0 radical (unpaired) electrons. The maximum absolute atomic E-state index is 12.7. The van der Waals surface area contributed by atoms with Crippen molar-refractivity contribution in [2.45, 2.75) is 91.9 Å². The number of hydrogen-bond donors (Lipinski definition) is 0. The molecule has 0 atom stereocenters. The minimum absolute atomic E-state index is 0.0112. The van der Waals surface area contributed by atoms with Crippen molar-refractivity contribution in [3.63, 3.8) is 0 Å². The van der Waals surface area contributed by atoms with Crippen LogP contribution in [0.5, 0.6) is 5.75 Å². The van der Waals surface area contributed by atoms with Gasteiger partial charge in [0.05, 0.1) is 19.6 Å². The van der Waals surface area contributed by atoms with Crippen LogP contribution in [0.25, 0.3) is 0 Å². The van der Waals surface area contributed by atoms with Gasteiger partial charge in [0.1, 0.15) is 5.75 Å². The molecule has 0 aliphatic carbocycles. The SMILES string of the molecule is CCOC1=C(C)CC(=O)N(CCCOc2ccc(C(C)(C)CC)cc2C(C)(C)CC)C1=O. The molecule has 0 saturated heterocycles. The van der Waals surface area contributed by atoms with E-state index in [9.17, 15) is 9.59 Å². The average Bonchev–Trinajstić information content (AvgIpc) is 2.75. The Bertz CT molecular complexity index is 866. The smallest absolute Gasteiger partial charge is 0.295 e. The number of ether oxygens (including phenoxy) is 2. The Morgan fingerprint density at radius 1 is 0.969 bits per heavy atom. The molecule has 1 aromatic carbocycles. The third kappa shape index (κ3) is 5.73. The molecule has 1 heterocycles. The van der Waals surface area contributed by atoms with Crippen molar-refractivity contribution < 1.29 is 19.1 Å². The summed E-state index contributed by atoms with van der Waals surface area (Å²) >= 11 is 0. The Balaban J connectivity index is 2.11. The van der Waals surface area contributed by atoms with Gasteiger partial charge in [0.2, 0.25) is 5.91 Å². The number of amides is 2. The van der Waals surface area contributed by atoms with E-state index < -0.39 is 0 Å². The van der Waals surface area contributed by atoms with Crippen LogP contribution in [-0.4, -0.2) is 36.5 Å². The molecular formula is C27H41NO4. The Kier molecular flexibility index (Phi) is 8.55. The highest BCUT2D eigenvalue weighted by Crippen LogP contribution is 2.38. The lowest BCUT2D eigenvalue weighted by Crippen LogP contribution is -2.43. The predicted molar refractivity (Wildman–Crippen MR) is 129 cm³/mol. The summed E-state index contributed by atoms with van der Waals surface area (Å²) in [6.45, 7) is 18.2. The molecule has 2 amide bonds. The number of carbonyl (C=O) groups excluding carboxylic acids is 2. The maximum Gasteiger partial charge on any atom is 0.295 e. The second kappa shape index (κ2) is 10.5. The number of imide groups is 1.